The maximum Gasteiger partial charge on any atom is 0.224 e. The standard InChI is InChI=1S/C15H18N2OS/c1-10-5-4-6-13(7-10)8-14(18)16-9-15-17-11(2)12(3)19-15/h4-7H,8-9H2,1-3H3,(H,16,18). The van der Waals surface area contributed by atoms with Gasteiger partial charge in [-0.15, -0.1) is 11.3 Å². The minimum atomic E-state index is 0.0381. The summed E-state index contributed by atoms with van der Waals surface area (Å²) in [5.74, 6) is 0.0381. The Kier molecular flexibility index (Phi) is 4.32. The molecule has 3 nitrogen and oxygen atoms in total. The second-order valence-corrected chi connectivity index (χ2v) is 5.98. The molecule has 0 saturated carbocycles. The third kappa shape index (κ3) is 3.89. The molecule has 0 atom stereocenters. The first-order valence-corrected chi connectivity index (χ1v) is 7.11. The summed E-state index contributed by atoms with van der Waals surface area (Å²) in [6.45, 7) is 6.58. The van der Waals surface area contributed by atoms with Crippen LogP contribution in [0.1, 0.15) is 26.7 Å². The van der Waals surface area contributed by atoms with Crippen LogP contribution in [0.5, 0.6) is 0 Å². The third-order valence-electron chi connectivity index (χ3n) is 2.96. The summed E-state index contributed by atoms with van der Waals surface area (Å²) in [7, 11) is 0. The smallest absolute Gasteiger partial charge is 0.224 e. The van der Waals surface area contributed by atoms with E-state index in [2.05, 4.69) is 10.3 Å². The van der Waals surface area contributed by atoms with Crippen LogP contribution in [0.25, 0.3) is 0 Å². The molecule has 1 heterocycles. The molecule has 0 unspecified atom stereocenters. The van der Waals surface area contributed by atoms with Crippen LogP contribution in [-0.2, 0) is 17.8 Å². The number of hydrogen-bond acceptors (Lipinski definition) is 3. The van der Waals surface area contributed by atoms with E-state index in [0.717, 1.165) is 16.3 Å². The van der Waals surface area contributed by atoms with Crippen molar-refractivity contribution in [3.63, 3.8) is 0 Å². The molecule has 0 fully saturated rings. The lowest BCUT2D eigenvalue weighted by Crippen LogP contribution is -2.24. The van der Waals surface area contributed by atoms with Crippen molar-refractivity contribution in [1.82, 2.24) is 10.3 Å². The highest BCUT2D eigenvalue weighted by molar-refractivity contribution is 7.11. The second-order valence-electron chi connectivity index (χ2n) is 4.69. The molecule has 0 aliphatic rings. The van der Waals surface area contributed by atoms with Crippen molar-refractivity contribution in [2.24, 2.45) is 0 Å². The lowest BCUT2D eigenvalue weighted by Gasteiger charge is -2.04. The number of hydrogen-bond donors (Lipinski definition) is 1. The molecule has 1 aromatic heterocycles. The average molecular weight is 274 g/mol. The summed E-state index contributed by atoms with van der Waals surface area (Å²) in [4.78, 5) is 17.5. The Morgan fingerprint density at radius 2 is 2.11 bits per heavy atom. The summed E-state index contributed by atoms with van der Waals surface area (Å²) < 4.78 is 0. The first-order valence-electron chi connectivity index (χ1n) is 6.30. The van der Waals surface area contributed by atoms with Gasteiger partial charge in [-0.05, 0) is 26.3 Å². The highest BCUT2D eigenvalue weighted by Gasteiger charge is 2.07. The predicted octanol–water partition coefficient (Wildman–Crippen LogP) is 2.93. The normalized spacial score (nSPS) is 10.5. The van der Waals surface area contributed by atoms with Crippen LogP contribution in [0.3, 0.4) is 0 Å². The van der Waals surface area contributed by atoms with Crippen LogP contribution in [0.4, 0.5) is 0 Å². The van der Waals surface area contributed by atoms with E-state index in [0.29, 0.717) is 13.0 Å². The molecule has 1 aromatic carbocycles. The SMILES string of the molecule is Cc1cccc(CC(=O)NCc2nc(C)c(C)s2)c1. The Bertz CT molecular complexity index is 570. The number of thiazole rings is 1. The van der Waals surface area contributed by atoms with Crippen LogP contribution >= 0.6 is 11.3 Å². The maximum atomic E-state index is 11.9. The number of benzene rings is 1. The highest BCUT2D eigenvalue weighted by atomic mass is 32.1. The van der Waals surface area contributed by atoms with Gasteiger partial charge in [-0.2, -0.15) is 0 Å². The van der Waals surface area contributed by atoms with Crippen molar-refractivity contribution in [1.29, 1.82) is 0 Å². The third-order valence-corrected chi connectivity index (χ3v) is 4.03. The fourth-order valence-electron chi connectivity index (χ4n) is 1.86. The Labute approximate surface area is 117 Å². The number of carbonyl (C=O) groups excluding carboxylic acids is 1. The number of aryl methyl sites for hydroxylation is 3. The minimum Gasteiger partial charge on any atom is -0.349 e. The van der Waals surface area contributed by atoms with Gasteiger partial charge in [0.15, 0.2) is 0 Å². The van der Waals surface area contributed by atoms with E-state index in [-0.39, 0.29) is 5.91 Å². The fraction of sp³-hybridized carbons (Fsp3) is 0.333. The maximum absolute atomic E-state index is 11.9. The number of carbonyl (C=O) groups is 1. The quantitative estimate of drug-likeness (QED) is 0.931. The summed E-state index contributed by atoms with van der Waals surface area (Å²) in [5, 5.41) is 3.88. The molecule has 1 amide bonds. The number of rotatable bonds is 4. The van der Waals surface area contributed by atoms with Gasteiger partial charge in [-0.3, -0.25) is 4.79 Å². The highest BCUT2D eigenvalue weighted by Crippen LogP contribution is 2.16. The zero-order chi connectivity index (χ0) is 13.8. The molecule has 100 valence electrons. The van der Waals surface area contributed by atoms with E-state index < -0.39 is 0 Å². The van der Waals surface area contributed by atoms with Crippen molar-refractivity contribution >= 4 is 17.2 Å². The molecule has 0 spiro atoms. The average Bonchev–Trinajstić information content (AvgIpc) is 2.66. The van der Waals surface area contributed by atoms with Crippen molar-refractivity contribution < 1.29 is 4.79 Å². The van der Waals surface area contributed by atoms with E-state index in [1.54, 1.807) is 11.3 Å². The zero-order valence-corrected chi connectivity index (χ0v) is 12.3. The molecule has 0 aliphatic carbocycles. The van der Waals surface area contributed by atoms with E-state index in [4.69, 9.17) is 0 Å². The van der Waals surface area contributed by atoms with Crippen molar-refractivity contribution in [3.05, 3.63) is 51.0 Å². The summed E-state index contributed by atoms with van der Waals surface area (Å²) in [6.07, 6.45) is 0.422. The Balaban J connectivity index is 1.88. The van der Waals surface area contributed by atoms with Gasteiger partial charge in [0.2, 0.25) is 5.91 Å². The topological polar surface area (TPSA) is 42.0 Å². The van der Waals surface area contributed by atoms with Crippen LogP contribution in [0.2, 0.25) is 0 Å². The van der Waals surface area contributed by atoms with Crippen molar-refractivity contribution in [3.8, 4) is 0 Å². The molecule has 19 heavy (non-hydrogen) atoms. The molecule has 0 aliphatic heterocycles. The Hall–Kier alpha value is -1.68. The summed E-state index contributed by atoms with van der Waals surface area (Å²) in [5.41, 5.74) is 3.27. The van der Waals surface area contributed by atoms with Gasteiger partial charge in [-0.25, -0.2) is 4.98 Å². The first kappa shape index (κ1) is 13.7. The molecule has 0 radical (unpaired) electrons. The van der Waals surface area contributed by atoms with Crippen LogP contribution in [-0.4, -0.2) is 10.9 Å². The second kappa shape index (κ2) is 5.97. The predicted molar refractivity (Wildman–Crippen MR) is 78.3 cm³/mol. The van der Waals surface area contributed by atoms with E-state index in [1.807, 2.05) is 45.0 Å². The van der Waals surface area contributed by atoms with Gasteiger partial charge in [0.1, 0.15) is 5.01 Å². The van der Waals surface area contributed by atoms with Crippen LogP contribution in [0.15, 0.2) is 24.3 Å². The monoisotopic (exact) mass is 274 g/mol. The van der Waals surface area contributed by atoms with E-state index in [9.17, 15) is 4.79 Å². The Morgan fingerprint density at radius 1 is 1.32 bits per heavy atom. The van der Waals surface area contributed by atoms with Crippen molar-refractivity contribution in [2.75, 3.05) is 0 Å². The summed E-state index contributed by atoms with van der Waals surface area (Å²) >= 11 is 1.64. The fourth-order valence-corrected chi connectivity index (χ4v) is 2.73. The molecule has 4 heteroatoms. The van der Waals surface area contributed by atoms with Gasteiger partial charge >= 0.3 is 0 Å². The molecular weight excluding hydrogens is 256 g/mol. The number of nitrogens with zero attached hydrogens (tertiary/aromatic N) is 1. The van der Waals surface area contributed by atoms with Gasteiger partial charge in [0.05, 0.1) is 18.7 Å². The van der Waals surface area contributed by atoms with E-state index >= 15 is 0 Å². The molecule has 0 saturated heterocycles. The lowest BCUT2D eigenvalue weighted by atomic mass is 10.1. The number of amides is 1. The van der Waals surface area contributed by atoms with Gasteiger partial charge in [0, 0.05) is 4.88 Å². The zero-order valence-electron chi connectivity index (χ0n) is 11.5. The van der Waals surface area contributed by atoms with Crippen LogP contribution < -0.4 is 5.32 Å². The largest absolute Gasteiger partial charge is 0.349 e. The molecule has 2 aromatic rings. The van der Waals surface area contributed by atoms with Crippen LogP contribution in [0, 0.1) is 20.8 Å². The number of nitrogens with one attached hydrogen (secondary N) is 1. The first-order chi connectivity index (χ1) is 9.04. The molecular formula is C15H18N2OS. The Morgan fingerprint density at radius 3 is 2.74 bits per heavy atom. The number of aromatic nitrogens is 1. The minimum absolute atomic E-state index is 0.0381. The molecule has 0 bridgehead atoms. The van der Waals surface area contributed by atoms with Gasteiger partial charge in [-0.1, -0.05) is 29.8 Å². The van der Waals surface area contributed by atoms with Gasteiger partial charge in [0.25, 0.3) is 0 Å². The lowest BCUT2D eigenvalue weighted by molar-refractivity contribution is -0.120. The molecule has 2 rings (SSSR count). The van der Waals surface area contributed by atoms with Gasteiger partial charge < -0.3 is 5.32 Å². The van der Waals surface area contributed by atoms with E-state index in [1.165, 1.54) is 10.4 Å². The van der Waals surface area contributed by atoms with Crippen molar-refractivity contribution in [2.45, 2.75) is 33.7 Å². The molecule has 1 N–H and O–H groups in total. The summed E-state index contributed by atoms with van der Waals surface area (Å²) in [6, 6.07) is 8.02.